The number of hydrogen-bond acceptors (Lipinski definition) is 6. The molecule has 2 aromatic carbocycles. The van der Waals surface area contributed by atoms with E-state index >= 15 is 0 Å². The lowest BCUT2D eigenvalue weighted by Crippen LogP contribution is -2.07. The number of nitrogens with two attached hydrogens (primary N) is 1. The van der Waals surface area contributed by atoms with Gasteiger partial charge in [-0.3, -0.25) is 4.79 Å². The monoisotopic (exact) mass is 505 g/mol. The molecule has 0 bridgehead atoms. The molecule has 0 aliphatic heterocycles. The number of carbonyl (C=O) groups excluding carboxylic acids is 1. The van der Waals surface area contributed by atoms with Gasteiger partial charge in [0.1, 0.15) is 5.82 Å². The topological polar surface area (TPSA) is 90.4 Å². The number of benzene rings is 2. The first-order valence-electron chi connectivity index (χ1n) is 11.3. The molecule has 35 heavy (non-hydrogen) atoms. The molecule has 3 heterocycles. The molecule has 0 atom stereocenters. The lowest BCUT2D eigenvalue weighted by atomic mass is 10.0. The van der Waals surface area contributed by atoms with Crippen LogP contribution in [0.25, 0.3) is 32.2 Å². The quantitative estimate of drug-likeness (QED) is 0.273. The van der Waals surface area contributed by atoms with Crippen LogP contribution in [0, 0.1) is 0 Å². The molecule has 178 valence electrons. The lowest BCUT2D eigenvalue weighted by Gasteiger charge is -2.10. The van der Waals surface area contributed by atoms with Crippen molar-refractivity contribution >= 4 is 55.7 Å². The predicted molar refractivity (Wildman–Crippen MR) is 142 cm³/mol. The van der Waals surface area contributed by atoms with Gasteiger partial charge in [-0.2, -0.15) is 0 Å². The maximum Gasteiger partial charge on any atom is 0.310 e. The molecule has 0 spiro atoms. The third-order valence-corrected chi connectivity index (χ3v) is 7.25. The number of rotatable bonds is 7. The van der Waals surface area contributed by atoms with Crippen LogP contribution < -0.4 is 5.73 Å². The maximum atomic E-state index is 12.3. The van der Waals surface area contributed by atoms with Crippen LogP contribution in [0.2, 0.25) is 5.02 Å². The molecule has 0 saturated carbocycles. The number of aromatic nitrogens is 2. The zero-order chi connectivity index (χ0) is 24.5. The van der Waals surface area contributed by atoms with E-state index in [9.17, 15) is 9.90 Å². The number of halogens is 1. The highest BCUT2D eigenvalue weighted by Gasteiger charge is 2.17. The van der Waals surface area contributed by atoms with Crippen molar-refractivity contribution in [2.24, 2.45) is 0 Å². The largest absolute Gasteiger partial charge is 0.466 e. The summed E-state index contributed by atoms with van der Waals surface area (Å²) in [5.74, 6) is 0.126. The number of nitrogen functional groups attached to an aromatic ring is 1. The van der Waals surface area contributed by atoms with E-state index in [0.717, 1.165) is 33.0 Å². The van der Waals surface area contributed by atoms with E-state index in [1.54, 1.807) is 30.4 Å². The van der Waals surface area contributed by atoms with E-state index in [1.165, 1.54) is 4.70 Å². The minimum absolute atomic E-state index is 0.141. The SMILES string of the molecule is CCOC(=O)Cc1cn(Cc2csc3ccc(Cl)cc23)c2cc(-c3nc(N)ccc3CO)ccc12. The Balaban J connectivity index is 1.64. The molecule has 3 aromatic heterocycles. The van der Waals surface area contributed by atoms with Crippen molar-refractivity contribution in [3.8, 4) is 11.3 Å². The molecular weight excluding hydrogens is 482 g/mol. The average Bonchev–Trinajstić information content (AvgIpc) is 3.40. The summed E-state index contributed by atoms with van der Waals surface area (Å²) in [7, 11) is 0. The van der Waals surface area contributed by atoms with Gasteiger partial charge in [-0.05, 0) is 59.1 Å². The zero-order valence-corrected chi connectivity index (χ0v) is 20.7. The second kappa shape index (κ2) is 9.70. The van der Waals surface area contributed by atoms with Crippen LogP contribution >= 0.6 is 22.9 Å². The third-order valence-electron chi connectivity index (χ3n) is 6.01. The van der Waals surface area contributed by atoms with Crippen LogP contribution in [0.5, 0.6) is 0 Å². The third kappa shape index (κ3) is 4.62. The van der Waals surface area contributed by atoms with Gasteiger partial charge in [0.2, 0.25) is 0 Å². The molecule has 3 N–H and O–H groups in total. The number of anilines is 1. The second-order valence-electron chi connectivity index (χ2n) is 8.30. The van der Waals surface area contributed by atoms with Gasteiger partial charge >= 0.3 is 5.97 Å². The molecule has 0 aliphatic carbocycles. The molecule has 6 nitrogen and oxygen atoms in total. The number of aliphatic hydroxyl groups is 1. The van der Waals surface area contributed by atoms with Crippen molar-refractivity contribution in [3.05, 3.63) is 81.8 Å². The second-order valence-corrected chi connectivity index (χ2v) is 9.65. The standard InChI is InChI=1S/C27H24ClN3O3S/c1-2-34-26(33)10-18-12-31(13-19-15-35-24-7-5-20(28)11-22(19)24)23-9-16(3-6-21(18)23)27-17(14-32)4-8-25(29)30-27/h3-9,11-12,15,32H,2,10,13-14H2,1H3,(H2,29,30). The summed E-state index contributed by atoms with van der Waals surface area (Å²) < 4.78 is 8.52. The van der Waals surface area contributed by atoms with Crippen molar-refractivity contribution in [1.82, 2.24) is 9.55 Å². The summed E-state index contributed by atoms with van der Waals surface area (Å²) in [4.78, 5) is 16.8. The number of thiophene rings is 1. The van der Waals surface area contributed by atoms with Crippen LogP contribution in [0.3, 0.4) is 0 Å². The zero-order valence-electron chi connectivity index (χ0n) is 19.1. The Labute approximate surface area is 211 Å². The maximum absolute atomic E-state index is 12.3. The van der Waals surface area contributed by atoms with E-state index in [-0.39, 0.29) is 19.0 Å². The Morgan fingerprint density at radius 3 is 2.77 bits per heavy atom. The van der Waals surface area contributed by atoms with E-state index in [1.807, 2.05) is 42.6 Å². The van der Waals surface area contributed by atoms with Gasteiger partial charge in [0.25, 0.3) is 0 Å². The van der Waals surface area contributed by atoms with Crippen molar-refractivity contribution < 1.29 is 14.6 Å². The number of pyridine rings is 1. The highest BCUT2D eigenvalue weighted by molar-refractivity contribution is 7.17. The molecule has 8 heteroatoms. The molecular formula is C27H24ClN3O3S. The molecule has 0 radical (unpaired) electrons. The summed E-state index contributed by atoms with van der Waals surface area (Å²) in [5, 5.41) is 14.8. The molecule has 5 aromatic rings. The van der Waals surface area contributed by atoms with Crippen LogP contribution in [0.4, 0.5) is 5.82 Å². The van der Waals surface area contributed by atoms with Gasteiger partial charge < -0.3 is 20.1 Å². The molecule has 0 amide bonds. The summed E-state index contributed by atoms with van der Waals surface area (Å²) in [6.07, 6.45) is 2.20. The molecule has 0 saturated heterocycles. The molecule has 0 unspecified atom stereocenters. The number of esters is 1. The predicted octanol–water partition coefficient (Wildman–Crippen LogP) is 5.80. The minimum atomic E-state index is -0.261. The number of carbonyl (C=O) groups is 1. The van der Waals surface area contributed by atoms with Crippen molar-refractivity contribution in [2.75, 3.05) is 12.3 Å². The Hall–Kier alpha value is -3.39. The first-order chi connectivity index (χ1) is 17.0. The highest BCUT2D eigenvalue weighted by atomic mass is 35.5. The summed E-state index contributed by atoms with van der Waals surface area (Å²) in [6, 6.07) is 15.4. The van der Waals surface area contributed by atoms with Gasteiger partial charge in [-0.25, -0.2) is 4.98 Å². The lowest BCUT2D eigenvalue weighted by molar-refractivity contribution is -0.142. The van der Waals surface area contributed by atoms with Crippen LogP contribution in [-0.4, -0.2) is 27.2 Å². The number of fused-ring (bicyclic) bond motifs is 2. The summed E-state index contributed by atoms with van der Waals surface area (Å²) in [5.41, 5.74) is 11.1. The normalized spacial score (nSPS) is 11.4. The van der Waals surface area contributed by atoms with Crippen LogP contribution in [0.15, 0.2) is 60.1 Å². The van der Waals surface area contributed by atoms with Crippen molar-refractivity contribution in [2.45, 2.75) is 26.5 Å². The number of nitrogens with zero attached hydrogens (tertiary/aromatic N) is 2. The van der Waals surface area contributed by atoms with E-state index in [0.29, 0.717) is 35.2 Å². The minimum Gasteiger partial charge on any atom is -0.466 e. The van der Waals surface area contributed by atoms with Gasteiger partial charge in [-0.1, -0.05) is 29.8 Å². The fourth-order valence-electron chi connectivity index (χ4n) is 4.40. The fraction of sp³-hybridized carbons (Fsp3) is 0.185. The van der Waals surface area contributed by atoms with Gasteiger partial charge in [-0.15, -0.1) is 11.3 Å². The van der Waals surface area contributed by atoms with Crippen molar-refractivity contribution in [1.29, 1.82) is 0 Å². The fourth-order valence-corrected chi connectivity index (χ4v) is 5.50. The Morgan fingerprint density at radius 2 is 1.97 bits per heavy atom. The number of hydrogen-bond donors (Lipinski definition) is 2. The Kier molecular flexibility index (Phi) is 6.47. The first kappa shape index (κ1) is 23.4. The van der Waals surface area contributed by atoms with Gasteiger partial charge in [0, 0.05) is 44.5 Å². The highest BCUT2D eigenvalue weighted by Crippen LogP contribution is 2.33. The molecule has 0 fully saturated rings. The smallest absolute Gasteiger partial charge is 0.310 e. The molecule has 0 aliphatic rings. The van der Waals surface area contributed by atoms with E-state index < -0.39 is 0 Å². The van der Waals surface area contributed by atoms with Crippen molar-refractivity contribution in [3.63, 3.8) is 0 Å². The summed E-state index contributed by atoms with van der Waals surface area (Å²) in [6.45, 7) is 2.61. The van der Waals surface area contributed by atoms with E-state index in [2.05, 4.69) is 14.9 Å². The van der Waals surface area contributed by atoms with E-state index in [4.69, 9.17) is 22.1 Å². The Bertz CT molecular complexity index is 1560. The number of ether oxygens (including phenoxy) is 1. The van der Waals surface area contributed by atoms with Gasteiger partial charge in [0.15, 0.2) is 0 Å². The van der Waals surface area contributed by atoms with Crippen LogP contribution in [-0.2, 0) is 29.1 Å². The number of aliphatic hydroxyl groups excluding tert-OH is 1. The average molecular weight is 506 g/mol. The van der Waals surface area contributed by atoms with Gasteiger partial charge in [0.05, 0.1) is 25.3 Å². The Morgan fingerprint density at radius 1 is 1.11 bits per heavy atom. The van der Waals surface area contributed by atoms with Crippen LogP contribution in [0.1, 0.15) is 23.6 Å². The molecule has 5 rings (SSSR count). The first-order valence-corrected chi connectivity index (χ1v) is 12.5. The summed E-state index contributed by atoms with van der Waals surface area (Å²) >= 11 is 7.96.